The van der Waals surface area contributed by atoms with Crippen LogP contribution in [0.4, 0.5) is 5.69 Å². The monoisotopic (exact) mass is 405 g/mol. The van der Waals surface area contributed by atoms with E-state index in [1.807, 2.05) is 50.3 Å². The van der Waals surface area contributed by atoms with Gasteiger partial charge < -0.3 is 0 Å². The van der Waals surface area contributed by atoms with Crippen LogP contribution in [0.25, 0.3) is 6.08 Å². The van der Waals surface area contributed by atoms with Crippen molar-refractivity contribution in [1.29, 1.82) is 0 Å². The highest BCUT2D eigenvalue weighted by molar-refractivity contribution is 7.92. The molecule has 0 heterocycles. The van der Waals surface area contributed by atoms with Crippen LogP contribution in [0.15, 0.2) is 83.8 Å². The Kier molecular flexibility index (Phi) is 6.29. The third-order valence-corrected chi connectivity index (χ3v) is 6.37. The molecule has 148 valence electrons. The molecule has 0 atom stereocenters. The summed E-state index contributed by atoms with van der Waals surface area (Å²) in [5.41, 5.74) is 4.01. The smallest absolute Gasteiger partial charge is 0.264 e. The second-order valence-electron chi connectivity index (χ2n) is 6.88. The first-order chi connectivity index (χ1) is 13.9. The van der Waals surface area contributed by atoms with Crippen LogP contribution in [0.1, 0.15) is 27.0 Å². The van der Waals surface area contributed by atoms with Crippen LogP contribution in [-0.2, 0) is 10.0 Å². The van der Waals surface area contributed by atoms with Crippen molar-refractivity contribution in [3.05, 3.63) is 101 Å². The highest BCUT2D eigenvalue weighted by atomic mass is 32.2. The van der Waals surface area contributed by atoms with E-state index in [-0.39, 0.29) is 11.4 Å². The van der Waals surface area contributed by atoms with Crippen molar-refractivity contribution in [2.75, 3.05) is 10.8 Å². The molecule has 3 aromatic carbocycles. The van der Waals surface area contributed by atoms with E-state index in [1.54, 1.807) is 48.5 Å². The van der Waals surface area contributed by atoms with Gasteiger partial charge in [-0.15, -0.1) is 0 Å². The van der Waals surface area contributed by atoms with Gasteiger partial charge in [0.15, 0.2) is 0 Å². The summed E-state index contributed by atoms with van der Waals surface area (Å²) in [6.07, 6.45) is 4.41. The summed E-state index contributed by atoms with van der Waals surface area (Å²) in [4.78, 5) is 11.4. The Morgan fingerprint density at radius 1 is 0.828 bits per heavy atom. The molecule has 0 unspecified atom stereocenters. The normalized spacial score (nSPS) is 11.5. The molecule has 4 nitrogen and oxygen atoms in total. The van der Waals surface area contributed by atoms with Gasteiger partial charge in [0.2, 0.25) is 0 Å². The van der Waals surface area contributed by atoms with Gasteiger partial charge in [-0.2, -0.15) is 0 Å². The Bertz CT molecular complexity index is 1120. The molecule has 0 aliphatic carbocycles. The number of nitrogens with zero attached hydrogens (tertiary/aromatic N) is 1. The van der Waals surface area contributed by atoms with E-state index in [1.165, 1.54) is 4.31 Å². The number of carbonyl (C=O) groups excluding carboxylic acids is 1. The lowest BCUT2D eigenvalue weighted by Gasteiger charge is -2.23. The maximum atomic E-state index is 13.3. The summed E-state index contributed by atoms with van der Waals surface area (Å²) in [7, 11) is -3.79. The van der Waals surface area contributed by atoms with Gasteiger partial charge >= 0.3 is 0 Å². The highest BCUT2D eigenvalue weighted by Crippen LogP contribution is 2.25. The predicted octanol–water partition coefficient (Wildman–Crippen LogP) is 5.02. The lowest BCUT2D eigenvalue weighted by atomic mass is 10.1. The molecule has 0 amide bonds. The molecule has 0 N–H and O–H groups in total. The van der Waals surface area contributed by atoms with E-state index >= 15 is 0 Å². The lowest BCUT2D eigenvalue weighted by molar-refractivity contribution is 0.112. The first kappa shape index (κ1) is 20.6. The van der Waals surface area contributed by atoms with Gasteiger partial charge in [-0.05, 0) is 43.7 Å². The molecule has 3 aromatic rings. The first-order valence-electron chi connectivity index (χ1n) is 9.28. The fraction of sp³-hybridized carbons (Fsp3) is 0.125. The zero-order valence-electron chi connectivity index (χ0n) is 16.4. The fourth-order valence-electron chi connectivity index (χ4n) is 2.90. The van der Waals surface area contributed by atoms with Crippen molar-refractivity contribution in [1.82, 2.24) is 0 Å². The number of aldehydes is 1. The molecule has 0 spiro atoms. The molecule has 0 radical (unpaired) electrons. The van der Waals surface area contributed by atoms with Gasteiger partial charge in [-0.3, -0.25) is 9.10 Å². The van der Waals surface area contributed by atoms with Crippen LogP contribution < -0.4 is 4.31 Å². The molecular formula is C24H23NO3S. The predicted molar refractivity (Wildman–Crippen MR) is 118 cm³/mol. The molecule has 0 aliphatic rings. The highest BCUT2D eigenvalue weighted by Gasteiger charge is 2.24. The molecule has 0 fully saturated rings. The molecule has 0 saturated heterocycles. The average Bonchev–Trinajstić information content (AvgIpc) is 2.72. The average molecular weight is 406 g/mol. The van der Waals surface area contributed by atoms with E-state index in [4.69, 9.17) is 0 Å². The third-order valence-electron chi connectivity index (χ3n) is 4.56. The van der Waals surface area contributed by atoms with Gasteiger partial charge in [0.1, 0.15) is 6.29 Å². The Balaban J connectivity index is 1.97. The van der Waals surface area contributed by atoms with Gasteiger partial charge in [0, 0.05) is 5.56 Å². The Morgan fingerprint density at radius 3 is 2.07 bits per heavy atom. The van der Waals surface area contributed by atoms with Gasteiger partial charge in [0.25, 0.3) is 10.0 Å². The Labute approximate surface area is 172 Å². The number of sulfonamides is 1. The number of benzene rings is 3. The second kappa shape index (κ2) is 8.88. The summed E-state index contributed by atoms with van der Waals surface area (Å²) >= 11 is 0. The number of carbonyl (C=O) groups is 1. The molecule has 0 aromatic heterocycles. The van der Waals surface area contributed by atoms with Crippen LogP contribution in [0.3, 0.4) is 0 Å². The molecule has 29 heavy (non-hydrogen) atoms. The summed E-state index contributed by atoms with van der Waals surface area (Å²) in [6.45, 7) is 4.07. The van der Waals surface area contributed by atoms with E-state index in [9.17, 15) is 13.2 Å². The summed E-state index contributed by atoms with van der Waals surface area (Å²) in [6, 6.07) is 21.3. The van der Waals surface area contributed by atoms with Crippen LogP contribution in [0.2, 0.25) is 0 Å². The van der Waals surface area contributed by atoms with Crippen LogP contribution in [0, 0.1) is 13.8 Å². The fourth-order valence-corrected chi connectivity index (χ4v) is 4.30. The minimum atomic E-state index is -3.79. The molecular weight excluding hydrogens is 382 g/mol. The largest absolute Gasteiger partial charge is 0.298 e. The zero-order chi connectivity index (χ0) is 20.9. The maximum Gasteiger partial charge on any atom is 0.264 e. The van der Waals surface area contributed by atoms with Crippen molar-refractivity contribution in [2.45, 2.75) is 18.7 Å². The number of hydrogen-bond acceptors (Lipinski definition) is 3. The summed E-state index contributed by atoms with van der Waals surface area (Å²) < 4.78 is 28.0. The maximum absolute atomic E-state index is 13.3. The van der Waals surface area contributed by atoms with Crippen molar-refractivity contribution in [2.24, 2.45) is 0 Å². The molecule has 3 rings (SSSR count). The first-order valence-corrected chi connectivity index (χ1v) is 10.7. The molecule has 0 saturated carbocycles. The van der Waals surface area contributed by atoms with E-state index in [0.29, 0.717) is 17.5 Å². The SMILES string of the molecule is Cc1ccc(C=CCN(c2cccc(C=O)c2)S(=O)(=O)c2ccc(C)cc2)cc1. The minimum Gasteiger partial charge on any atom is -0.298 e. The van der Waals surface area contributed by atoms with Crippen LogP contribution in [-0.4, -0.2) is 21.2 Å². The minimum absolute atomic E-state index is 0.145. The summed E-state index contributed by atoms with van der Waals surface area (Å²) in [5, 5.41) is 0. The zero-order valence-corrected chi connectivity index (χ0v) is 17.3. The quantitative estimate of drug-likeness (QED) is 0.518. The van der Waals surface area contributed by atoms with E-state index in [2.05, 4.69) is 0 Å². The van der Waals surface area contributed by atoms with Crippen molar-refractivity contribution >= 4 is 28.1 Å². The van der Waals surface area contributed by atoms with Gasteiger partial charge in [0.05, 0.1) is 17.1 Å². The lowest BCUT2D eigenvalue weighted by Crippen LogP contribution is -2.31. The van der Waals surface area contributed by atoms with Crippen LogP contribution >= 0.6 is 0 Å². The van der Waals surface area contributed by atoms with E-state index in [0.717, 1.165) is 16.7 Å². The van der Waals surface area contributed by atoms with Crippen molar-refractivity contribution in [3.8, 4) is 0 Å². The van der Waals surface area contributed by atoms with Gasteiger partial charge in [-0.25, -0.2) is 8.42 Å². The Hall–Kier alpha value is -3.18. The summed E-state index contributed by atoms with van der Waals surface area (Å²) in [5.74, 6) is 0. The topological polar surface area (TPSA) is 54.5 Å². The number of rotatable bonds is 7. The second-order valence-corrected chi connectivity index (χ2v) is 8.74. The number of aryl methyl sites for hydroxylation is 2. The number of anilines is 1. The molecule has 0 bridgehead atoms. The number of hydrogen-bond donors (Lipinski definition) is 0. The molecule has 0 aliphatic heterocycles. The van der Waals surface area contributed by atoms with E-state index < -0.39 is 10.0 Å². The Morgan fingerprint density at radius 2 is 1.45 bits per heavy atom. The van der Waals surface area contributed by atoms with Crippen molar-refractivity contribution < 1.29 is 13.2 Å². The molecule has 5 heteroatoms. The van der Waals surface area contributed by atoms with Gasteiger partial charge in [-0.1, -0.05) is 71.8 Å². The third kappa shape index (κ3) is 5.00. The van der Waals surface area contributed by atoms with Crippen LogP contribution in [0.5, 0.6) is 0 Å². The standard InChI is InChI=1S/C24H23NO3S/c1-19-8-12-21(13-9-19)6-4-16-25(23-7-3-5-22(17-23)18-26)29(27,28)24-14-10-20(2)11-15-24/h3-15,17-18H,16H2,1-2H3. The van der Waals surface area contributed by atoms with Crippen molar-refractivity contribution in [3.63, 3.8) is 0 Å².